The Hall–Kier alpha value is -1.40. The van der Waals surface area contributed by atoms with E-state index in [0.717, 1.165) is 44.9 Å². The van der Waals surface area contributed by atoms with Crippen LogP contribution in [0.1, 0.15) is 425 Å². The Labute approximate surface area is 501 Å². The van der Waals surface area contributed by atoms with Crippen molar-refractivity contribution in [1.29, 1.82) is 0 Å². The SMILES string of the molecule is CCCCCCCCC/C=C\CCCCCCCC(=O)OCCCCCCCCCCCCCCCCCCCCCCCCCCCCCCCCCCCCCC(=O)NC(CO)C(O)CCCCCCCCCCCCCC. The molecular formula is C74H145NO5. The number of rotatable bonds is 70. The Balaban J connectivity index is 3.28. The topological polar surface area (TPSA) is 95.9 Å². The van der Waals surface area contributed by atoms with Gasteiger partial charge in [-0.05, 0) is 51.4 Å². The van der Waals surface area contributed by atoms with Crippen molar-refractivity contribution in [3.8, 4) is 0 Å². The molecule has 0 fully saturated rings. The van der Waals surface area contributed by atoms with Crippen LogP contribution in [0.5, 0.6) is 0 Å². The molecule has 476 valence electrons. The lowest BCUT2D eigenvalue weighted by Crippen LogP contribution is -2.45. The highest BCUT2D eigenvalue weighted by atomic mass is 16.5. The van der Waals surface area contributed by atoms with Crippen LogP contribution in [0.2, 0.25) is 0 Å². The fraction of sp³-hybridized carbons (Fsp3) is 0.946. The lowest BCUT2D eigenvalue weighted by molar-refractivity contribution is -0.143. The maximum absolute atomic E-state index is 12.5. The number of hydrogen-bond acceptors (Lipinski definition) is 5. The Morgan fingerprint density at radius 1 is 0.338 bits per heavy atom. The average molecular weight is 1130 g/mol. The first-order valence-corrected chi connectivity index (χ1v) is 36.9. The molecule has 2 unspecified atom stereocenters. The third-order valence-corrected chi connectivity index (χ3v) is 17.6. The molecule has 0 bridgehead atoms. The number of aliphatic hydroxyl groups excluding tert-OH is 2. The molecule has 80 heavy (non-hydrogen) atoms. The Kier molecular flexibility index (Phi) is 68.9. The minimum Gasteiger partial charge on any atom is -0.466 e. The highest BCUT2D eigenvalue weighted by Crippen LogP contribution is 2.20. The zero-order chi connectivity index (χ0) is 57.8. The molecule has 0 heterocycles. The summed E-state index contributed by atoms with van der Waals surface area (Å²) in [5.74, 6) is -0.0115. The molecule has 0 aliphatic rings. The second kappa shape index (κ2) is 70.1. The maximum atomic E-state index is 12.5. The summed E-state index contributed by atoms with van der Waals surface area (Å²) in [5.41, 5.74) is 0. The van der Waals surface area contributed by atoms with Crippen molar-refractivity contribution < 1.29 is 24.5 Å². The van der Waals surface area contributed by atoms with E-state index in [1.54, 1.807) is 0 Å². The fourth-order valence-corrected chi connectivity index (χ4v) is 11.9. The molecule has 0 rings (SSSR count). The van der Waals surface area contributed by atoms with E-state index in [4.69, 9.17) is 4.74 Å². The van der Waals surface area contributed by atoms with Gasteiger partial charge in [-0.1, -0.05) is 373 Å². The summed E-state index contributed by atoms with van der Waals surface area (Å²) in [6.45, 7) is 4.98. The van der Waals surface area contributed by atoms with Crippen LogP contribution in [-0.4, -0.2) is 47.4 Å². The number of esters is 1. The first kappa shape index (κ1) is 78.6. The summed E-state index contributed by atoms with van der Waals surface area (Å²) in [7, 11) is 0. The van der Waals surface area contributed by atoms with E-state index < -0.39 is 12.1 Å². The van der Waals surface area contributed by atoms with Gasteiger partial charge < -0.3 is 20.3 Å². The van der Waals surface area contributed by atoms with Crippen LogP contribution < -0.4 is 5.32 Å². The minimum absolute atomic E-state index is 0.0161. The summed E-state index contributed by atoms with van der Waals surface area (Å²) in [5, 5.41) is 23.3. The molecule has 0 saturated heterocycles. The van der Waals surface area contributed by atoms with Crippen LogP contribution in [-0.2, 0) is 14.3 Å². The second-order valence-corrected chi connectivity index (χ2v) is 25.6. The van der Waals surface area contributed by atoms with Crippen LogP contribution >= 0.6 is 0 Å². The fourth-order valence-electron chi connectivity index (χ4n) is 11.9. The molecule has 0 saturated carbocycles. The predicted molar refractivity (Wildman–Crippen MR) is 352 cm³/mol. The minimum atomic E-state index is -0.658. The van der Waals surface area contributed by atoms with Gasteiger partial charge in [-0.15, -0.1) is 0 Å². The van der Waals surface area contributed by atoms with Crippen molar-refractivity contribution >= 4 is 11.9 Å². The molecule has 1 amide bonds. The van der Waals surface area contributed by atoms with E-state index in [9.17, 15) is 19.8 Å². The molecular weight excluding hydrogens is 983 g/mol. The molecule has 0 aromatic carbocycles. The molecule has 0 aliphatic heterocycles. The largest absolute Gasteiger partial charge is 0.466 e. The van der Waals surface area contributed by atoms with Gasteiger partial charge in [0, 0.05) is 12.8 Å². The number of carbonyl (C=O) groups is 2. The number of ether oxygens (including phenoxy) is 1. The summed E-state index contributed by atoms with van der Waals surface area (Å²) in [6, 6.07) is -0.535. The van der Waals surface area contributed by atoms with Crippen molar-refractivity contribution in [3.05, 3.63) is 12.2 Å². The summed E-state index contributed by atoms with van der Waals surface area (Å²) in [6.07, 6.45) is 87.2. The Bertz CT molecular complexity index is 1210. The third kappa shape index (κ3) is 65.7. The van der Waals surface area contributed by atoms with Crippen LogP contribution in [0.25, 0.3) is 0 Å². The van der Waals surface area contributed by atoms with E-state index >= 15 is 0 Å². The van der Waals surface area contributed by atoms with Gasteiger partial charge in [-0.3, -0.25) is 9.59 Å². The molecule has 2 atom stereocenters. The highest BCUT2D eigenvalue weighted by molar-refractivity contribution is 5.76. The van der Waals surface area contributed by atoms with Crippen LogP contribution in [0.4, 0.5) is 0 Å². The van der Waals surface area contributed by atoms with Gasteiger partial charge in [0.25, 0.3) is 0 Å². The number of carbonyl (C=O) groups excluding carboxylic acids is 2. The van der Waals surface area contributed by atoms with E-state index in [-0.39, 0.29) is 18.5 Å². The normalized spacial score (nSPS) is 12.5. The van der Waals surface area contributed by atoms with Crippen molar-refractivity contribution in [1.82, 2.24) is 5.32 Å². The first-order chi connectivity index (χ1) is 39.5. The zero-order valence-corrected chi connectivity index (χ0v) is 54.6. The van der Waals surface area contributed by atoms with Gasteiger partial charge in [0.2, 0.25) is 5.91 Å². The van der Waals surface area contributed by atoms with Crippen molar-refractivity contribution in [2.45, 2.75) is 437 Å². The van der Waals surface area contributed by atoms with Gasteiger partial charge in [0.15, 0.2) is 0 Å². The van der Waals surface area contributed by atoms with E-state index in [1.165, 1.54) is 347 Å². The molecule has 0 radical (unpaired) electrons. The molecule has 0 spiro atoms. The predicted octanol–water partition coefficient (Wildman–Crippen LogP) is 23.9. The average Bonchev–Trinajstić information content (AvgIpc) is 3.46. The monoisotopic (exact) mass is 1130 g/mol. The summed E-state index contributed by atoms with van der Waals surface area (Å²) < 4.78 is 5.50. The first-order valence-electron chi connectivity index (χ1n) is 36.9. The maximum Gasteiger partial charge on any atom is 0.305 e. The van der Waals surface area contributed by atoms with Gasteiger partial charge in [0.05, 0.1) is 25.4 Å². The molecule has 0 aliphatic carbocycles. The molecule has 0 aromatic heterocycles. The second-order valence-electron chi connectivity index (χ2n) is 25.6. The van der Waals surface area contributed by atoms with Crippen molar-refractivity contribution in [2.75, 3.05) is 13.2 Å². The molecule has 0 aromatic rings. The van der Waals surface area contributed by atoms with E-state index in [0.29, 0.717) is 25.9 Å². The van der Waals surface area contributed by atoms with Crippen molar-refractivity contribution in [3.63, 3.8) is 0 Å². The Morgan fingerprint density at radius 3 is 0.887 bits per heavy atom. The number of unbranched alkanes of at least 4 members (excludes halogenated alkanes) is 57. The third-order valence-electron chi connectivity index (χ3n) is 17.6. The molecule has 3 N–H and O–H groups in total. The number of allylic oxidation sites excluding steroid dienone is 2. The van der Waals surface area contributed by atoms with Crippen LogP contribution in [0, 0.1) is 0 Å². The summed E-state index contributed by atoms with van der Waals surface area (Å²) in [4.78, 5) is 24.6. The number of amides is 1. The lowest BCUT2D eigenvalue weighted by atomic mass is 10.0. The van der Waals surface area contributed by atoms with Gasteiger partial charge in [-0.2, -0.15) is 0 Å². The highest BCUT2D eigenvalue weighted by Gasteiger charge is 2.20. The molecule has 6 nitrogen and oxygen atoms in total. The van der Waals surface area contributed by atoms with Crippen LogP contribution in [0.3, 0.4) is 0 Å². The zero-order valence-electron chi connectivity index (χ0n) is 54.6. The Morgan fingerprint density at radius 2 is 0.588 bits per heavy atom. The van der Waals surface area contributed by atoms with E-state index in [2.05, 4.69) is 31.3 Å². The van der Waals surface area contributed by atoms with Crippen molar-refractivity contribution in [2.24, 2.45) is 0 Å². The van der Waals surface area contributed by atoms with E-state index in [1.807, 2.05) is 0 Å². The molecule has 6 heteroatoms. The standard InChI is InChI=1S/C74H145NO5/c1-3-5-7-9-11-13-15-17-18-41-44-48-52-56-60-64-68-74(79)80-69-65-61-57-53-49-45-42-39-37-35-33-31-29-27-25-23-21-19-20-22-24-26-28-30-32-34-36-38-40-43-47-51-55-59-63-67-73(78)75-71(70-76)72(77)66-62-58-54-50-46-16-14-12-10-8-6-4-2/h18,41,71-72,76-77H,3-17,19-40,42-70H2,1-2H3,(H,75,78)/b41-18-. The summed E-state index contributed by atoms with van der Waals surface area (Å²) >= 11 is 0. The van der Waals surface area contributed by atoms with Gasteiger partial charge in [-0.25, -0.2) is 0 Å². The van der Waals surface area contributed by atoms with Crippen LogP contribution in [0.15, 0.2) is 12.2 Å². The number of aliphatic hydroxyl groups is 2. The van der Waals surface area contributed by atoms with Gasteiger partial charge >= 0.3 is 5.97 Å². The lowest BCUT2D eigenvalue weighted by Gasteiger charge is -2.22. The number of nitrogens with one attached hydrogen (secondary N) is 1. The number of hydrogen-bond donors (Lipinski definition) is 3. The smallest absolute Gasteiger partial charge is 0.305 e. The quantitative estimate of drug-likeness (QED) is 0.0320. The van der Waals surface area contributed by atoms with Gasteiger partial charge in [0.1, 0.15) is 0 Å².